The number of esters is 1. The Balaban J connectivity index is 1.96. The second-order valence-corrected chi connectivity index (χ2v) is 12.2. The van der Waals surface area contributed by atoms with Crippen LogP contribution in [0.1, 0.15) is 96.8 Å². The minimum atomic E-state index is -2.22. The maximum Gasteiger partial charge on any atom is 0.306 e. The van der Waals surface area contributed by atoms with Crippen molar-refractivity contribution in [1.82, 2.24) is 0 Å². The van der Waals surface area contributed by atoms with Crippen LogP contribution in [0.5, 0.6) is 0 Å². The second-order valence-electron chi connectivity index (χ2n) is 12.2. The van der Waals surface area contributed by atoms with Crippen LogP contribution in [-0.2, 0) is 28.5 Å². The number of rotatable bonds is 24. The van der Waals surface area contributed by atoms with E-state index in [1.54, 1.807) is 0 Å². The molecule has 2 aliphatic heterocycles. The Labute approximate surface area is 266 Å². The van der Waals surface area contributed by atoms with Crippen LogP contribution in [0.3, 0.4) is 0 Å². The summed E-state index contributed by atoms with van der Waals surface area (Å²) in [6, 6.07) is 0. The van der Waals surface area contributed by atoms with Crippen LogP contribution >= 0.6 is 0 Å². The SMILES string of the molecule is CCCCCCCCCCCCCCCC(=O)O[C@H]1[C@H](O)[C@@H](CO)O[C@@]1(COCC(O)CO)O[C@H]1O[C@H](CO)[C@@H](O)[C@H](O)[C@H]1O. The van der Waals surface area contributed by atoms with Crippen molar-refractivity contribution in [2.45, 2.75) is 158 Å². The fraction of sp³-hybridized carbons (Fsp3) is 0.968. The summed E-state index contributed by atoms with van der Waals surface area (Å²) in [6.45, 7) is -0.914. The summed E-state index contributed by atoms with van der Waals surface area (Å²) in [5.74, 6) is -2.90. The van der Waals surface area contributed by atoms with Crippen molar-refractivity contribution in [3.8, 4) is 0 Å². The highest BCUT2D eigenvalue weighted by Gasteiger charge is 2.61. The van der Waals surface area contributed by atoms with Crippen molar-refractivity contribution in [1.29, 1.82) is 0 Å². The normalized spacial score (nSPS) is 32.6. The topological polar surface area (TPSA) is 225 Å². The highest BCUT2D eigenvalue weighted by Crippen LogP contribution is 2.38. The maximum atomic E-state index is 12.9. The molecule has 1 unspecified atom stereocenters. The van der Waals surface area contributed by atoms with E-state index < -0.39 is 99.9 Å². The lowest BCUT2D eigenvalue weighted by molar-refractivity contribution is -0.386. The molecule has 14 nitrogen and oxygen atoms in total. The summed E-state index contributed by atoms with van der Waals surface area (Å²) in [4.78, 5) is 12.9. The Morgan fingerprint density at radius 2 is 1.31 bits per heavy atom. The van der Waals surface area contributed by atoms with Crippen molar-refractivity contribution in [2.24, 2.45) is 0 Å². The number of aliphatic hydroxyl groups is 8. The van der Waals surface area contributed by atoms with Gasteiger partial charge >= 0.3 is 5.97 Å². The van der Waals surface area contributed by atoms with Crippen LogP contribution in [0.25, 0.3) is 0 Å². The zero-order valence-electron chi connectivity index (χ0n) is 26.7. The molecule has 0 spiro atoms. The first-order chi connectivity index (χ1) is 21.6. The van der Waals surface area contributed by atoms with Crippen LogP contribution in [0.15, 0.2) is 0 Å². The summed E-state index contributed by atoms with van der Waals surface area (Å²) in [7, 11) is 0. The monoisotopic (exact) mass is 654 g/mol. The van der Waals surface area contributed by atoms with Crippen LogP contribution < -0.4 is 0 Å². The van der Waals surface area contributed by atoms with Crippen molar-refractivity contribution in [3.05, 3.63) is 0 Å². The number of unbranched alkanes of at least 4 members (excludes halogenated alkanes) is 12. The van der Waals surface area contributed by atoms with Crippen LogP contribution in [0.4, 0.5) is 0 Å². The van der Waals surface area contributed by atoms with E-state index in [2.05, 4.69) is 6.92 Å². The summed E-state index contributed by atoms with van der Waals surface area (Å²) >= 11 is 0. The van der Waals surface area contributed by atoms with E-state index in [0.717, 1.165) is 25.7 Å². The minimum Gasteiger partial charge on any atom is -0.454 e. The lowest BCUT2D eigenvalue weighted by atomic mass is 9.99. The fourth-order valence-corrected chi connectivity index (χ4v) is 5.64. The van der Waals surface area contributed by atoms with Crippen molar-refractivity contribution >= 4 is 5.97 Å². The number of hydrogen-bond acceptors (Lipinski definition) is 14. The first-order valence-corrected chi connectivity index (χ1v) is 16.6. The summed E-state index contributed by atoms with van der Waals surface area (Å²) in [5, 5.41) is 80.2. The molecule has 10 atom stereocenters. The molecule has 0 aromatic heterocycles. The Kier molecular flexibility index (Phi) is 19.4. The van der Waals surface area contributed by atoms with E-state index in [0.29, 0.717) is 6.42 Å². The maximum absolute atomic E-state index is 12.9. The van der Waals surface area contributed by atoms with Crippen molar-refractivity contribution < 1.29 is 69.3 Å². The van der Waals surface area contributed by atoms with Gasteiger partial charge in [0.2, 0.25) is 5.79 Å². The van der Waals surface area contributed by atoms with Gasteiger partial charge in [-0.1, -0.05) is 84.0 Å². The van der Waals surface area contributed by atoms with Gasteiger partial charge in [-0.3, -0.25) is 4.79 Å². The van der Waals surface area contributed by atoms with Gasteiger partial charge in [0.1, 0.15) is 49.3 Å². The molecule has 0 radical (unpaired) electrons. The molecule has 2 heterocycles. The van der Waals surface area contributed by atoms with Crippen molar-refractivity contribution in [2.75, 3.05) is 33.0 Å². The first-order valence-electron chi connectivity index (χ1n) is 16.6. The number of hydrogen-bond donors (Lipinski definition) is 8. The fourth-order valence-electron chi connectivity index (χ4n) is 5.64. The lowest BCUT2D eigenvalue weighted by Gasteiger charge is -2.44. The van der Waals surface area contributed by atoms with Gasteiger partial charge in [0, 0.05) is 6.42 Å². The van der Waals surface area contributed by atoms with Gasteiger partial charge in [0.15, 0.2) is 12.4 Å². The predicted molar refractivity (Wildman–Crippen MR) is 160 cm³/mol. The molecular formula is C31H58O14. The van der Waals surface area contributed by atoms with E-state index in [9.17, 15) is 40.5 Å². The van der Waals surface area contributed by atoms with Crippen LogP contribution in [0.2, 0.25) is 0 Å². The summed E-state index contributed by atoms with van der Waals surface area (Å²) in [6.07, 6.45) is 0.545. The smallest absolute Gasteiger partial charge is 0.306 e. The molecular weight excluding hydrogens is 596 g/mol. The average molecular weight is 655 g/mol. The molecule has 0 amide bonds. The molecule has 2 rings (SSSR count). The standard InChI is InChI=1S/C31H58O14/c1-2-3-4-5-6-7-8-9-10-11-12-13-14-15-24(36)43-29-26(38)23(18-34)44-31(29,20-41-19-21(35)16-32)45-30-28(40)27(39)25(37)22(17-33)42-30/h21-23,25-30,32-35,37-40H,2-20H2,1H3/t21?,22-,23-,25-,26-,27+,28-,29+,30-,31+/m1/s1. The molecule has 45 heavy (non-hydrogen) atoms. The van der Waals surface area contributed by atoms with Crippen LogP contribution in [0, 0.1) is 0 Å². The molecule has 14 heteroatoms. The number of ether oxygens (including phenoxy) is 5. The molecule has 2 aliphatic rings. The molecule has 0 aliphatic carbocycles. The lowest BCUT2D eigenvalue weighted by Crippen LogP contribution is -2.63. The van der Waals surface area contributed by atoms with Gasteiger partial charge in [-0.2, -0.15) is 0 Å². The third-order valence-corrected chi connectivity index (χ3v) is 8.39. The quantitative estimate of drug-likeness (QED) is 0.0507. The van der Waals surface area contributed by atoms with Gasteiger partial charge in [0.25, 0.3) is 0 Å². The highest BCUT2D eigenvalue weighted by atomic mass is 16.8. The first kappa shape index (κ1) is 40.2. The van der Waals surface area contributed by atoms with E-state index in [1.165, 1.54) is 51.4 Å². The largest absolute Gasteiger partial charge is 0.454 e. The van der Waals surface area contributed by atoms with E-state index in [4.69, 9.17) is 28.8 Å². The number of aliphatic hydroxyl groups excluding tert-OH is 8. The third kappa shape index (κ3) is 12.8. The molecule has 0 aromatic carbocycles. The average Bonchev–Trinajstić information content (AvgIpc) is 3.29. The second kappa shape index (κ2) is 21.8. The molecule has 2 fully saturated rings. The molecule has 0 bridgehead atoms. The molecule has 0 saturated carbocycles. The van der Waals surface area contributed by atoms with Crippen molar-refractivity contribution in [3.63, 3.8) is 0 Å². The Morgan fingerprint density at radius 3 is 1.84 bits per heavy atom. The van der Waals surface area contributed by atoms with E-state index in [-0.39, 0.29) is 6.42 Å². The van der Waals surface area contributed by atoms with Gasteiger partial charge in [-0.15, -0.1) is 0 Å². The zero-order valence-corrected chi connectivity index (χ0v) is 26.7. The third-order valence-electron chi connectivity index (χ3n) is 8.39. The molecule has 2 saturated heterocycles. The van der Waals surface area contributed by atoms with Gasteiger partial charge in [-0.05, 0) is 6.42 Å². The Morgan fingerprint density at radius 1 is 0.756 bits per heavy atom. The highest BCUT2D eigenvalue weighted by molar-refractivity contribution is 5.69. The molecule has 8 N–H and O–H groups in total. The number of carbonyl (C=O) groups is 1. The summed E-state index contributed by atoms with van der Waals surface area (Å²) < 4.78 is 28.1. The van der Waals surface area contributed by atoms with Crippen LogP contribution in [-0.4, -0.2) is 141 Å². The van der Waals surface area contributed by atoms with Gasteiger partial charge in [-0.25, -0.2) is 0 Å². The van der Waals surface area contributed by atoms with Gasteiger partial charge < -0.3 is 64.5 Å². The number of carbonyl (C=O) groups excluding carboxylic acids is 1. The Hall–Kier alpha value is -1.01. The molecule has 266 valence electrons. The Bertz CT molecular complexity index is 787. The van der Waals surface area contributed by atoms with E-state index in [1.807, 2.05) is 0 Å². The predicted octanol–water partition coefficient (Wildman–Crippen LogP) is 0.0141. The summed E-state index contributed by atoms with van der Waals surface area (Å²) in [5.41, 5.74) is 0. The van der Waals surface area contributed by atoms with E-state index >= 15 is 0 Å². The molecule has 0 aromatic rings. The minimum absolute atomic E-state index is 0.0327. The zero-order chi connectivity index (χ0) is 33.2. The van der Waals surface area contributed by atoms with Gasteiger partial charge in [0.05, 0.1) is 26.4 Å².